The molecule has 7 nitrogen and oxygen atoms in total. The molecule has 0 bridgehead atoms. The van der Waals surface area contributed by atoms with E-state index in [0.717, 1.165) is 4.90 Å². The molecule has 1 atom stereocenters. The summed E-state index contributed by atoms with van der Waals surface area (Å²) in [7, 11) is -3.20. The molecular formula is C12H15NO6S. The zero-order valence-electron chi connectivity index (χ0n) is 10.9. The number of amides is 1. The molecule has 20 heavy (non-hydrogen) atoms. The van der Waals surface area contributed by atoms with E-state index in [2.05, 4.69) is 0 Å². The van der Waals surface area contributed by atoms with E-state index in [4.69, 9.17) is 9.52 Å². The van der Waals surface area contributed by atoms with Crippen molar-refractivity contribution >= 4 is 21.7 Å². The minimum Gasteiger partial charge on any atom is -0.480 e. The van der Waals surface area contributed by atoms with Gasteiger partial charge in [-0.2, -0.15) is 0 Å². The zero-order valence-corrected chi connectivity index (χ0v) is 11.7. The molecule has 2 rings (SSSR count). The first kappa shape index (κ1) is 14.6. The van der Waals surface area contributed by atoms with Crippen LogP contribution < -0.4 is 0 Å². The van der Waals surface area contributed by atoms with E-state index in [1.165, 1.54) is 12.3 Å². The van der Waals surface area contributed by atoms with Crippen molar-refractivity contribution in [3.8, 4) is 0 Å². The Morgan fingerprint density at radius 1 is 1.50 bits per heavy atom. The van der Waals surface area contributed by atoms with Gasteiger partial charge in [0, 0.05) is 6.04 Å². The Bertz CT molecular complexity index is 632. The maximum Gasteiger partial charge on any atom is 0.323 e. The summed E-state index contributed by atoms with van der Waals surface area (Å²) in [5.41, 5.74) is 0.230. The highest BCUT2D eigenvalue weighted by atomic mass is 32.2. The van der Waals surface area contributed by atoms with Crippen molar-refractivity contribution in [2.24, 2.45) is 0 Å². The molecule has 0 spiro atoms. The highest BCUT2D eigenvalue weighted by Gasteiger charge is 2.36. The summed E-state index contributed by atoms with van der Waals surface area (Å²) < 4.78 is 28.0. The molecule has 1 aliphatic heterocycles. The van der Waals surface area contributed by atoms with Crippen LogP contribution >= 0.6 is 0 Å². The van der Waals surface area contributed by atoms with Gasteiger partial charge in [-0.05, 0) is 19.4 Å². The van der Waals surface area contributed by atoms with Crippen molar-refractivity contribution in [1.29, 1.82) is 0 Å². The molecule has 1 unspecified atom stereocenters. The fourth-order valence-corrected chi connectivity index (χ4v) is 3.99. The summed E-state index contributed by atoms with van der Waals surface area (Å²) in [6.45, 7) is 1.14. The van der Waals surface area contributed by atoms with Crippen molar-refractivity contribution in [3.63, 3.8) is 0 Å². The van der Waals surface area contributed by atoms with Crippen molar-refractivity contribution in [2.75, 3.05) is 18.1 Å². The van der Waals surface area contributed by atoms with E-state index in [9.17, 15) is 18.0 Å². The summed E-state index contributed by atoms with van der Waals surface area (Å²) in [5, 5.41) is 8.91. The van der Waals surface area contributed by atoms with E-state index in [1.807, 2.05) is 0 Å². The normalized spacial score (nSPS) is 20.8. The Morgan fingerprint density at radius 2 is 2.20 bits per heavy atom. The summed E-state index contributed by atoms with van der Waals surface area (Å²) >= 11 is 0. The zero-order chi connectivity index (χ0) is 14.9. The first-order chi connectivity index (χ1) is 9.28. The Kier molecular flexibility index (Phi) is 3.85. The van der Waals surface area contributed by atoms with Crippen LogP contribution in [0.4, 0.5) is 0 Å². The number of aryl methyl sites for hydroxylation is 1. The van der Waals surface area contributed by atoms with E-state index in [-0.39, 0.29) is 23.5 Å². The van der Waals surface area contributed by atoms with E-state index >= 15 is 0 Å². The molecule has 110 valence electrons. The molecule has 1 aromatic rings. The summed E-state index contributed by atoms with van der Waals surface area (Å²) in [5.74, 6) is -1.38. The van der Waals surface area contributed by atoms with Gasteiger partial charge in [0.1, 0.15) is 18.6 Å². The molecule has 1 saturated heterocycles. The van der Waals surface area contributed by atoms with Gasteiger partial charge >= 0.3 is 5.97 Å². The van der Waals surface area contributed by atoms with Crippen molar-refractivity contribution in [1.82, 2.24) is 4.90 Å². The number of aliphatic carboxylic acids is 1. The fraction of sp³-hybridized carbons (Fsp3) is 0.500. The number of carboxylic acid groups (broad SMARTS) is 1. The van der Waals surface area contributed by atoms with Crippen molar-refractivity contribution in [3.05, 3.63) is 23.7 Å². The van der Waals surface area contributed by atoms with Crippen LogP contribution in [0.2, 0.25) is 0 Å². The van der Waals surface area contributed by atoms with Gasteiger partial charge in [-0.1, -0.05) is 0 Å². The van der Waals surface area contributed by atoms with Crippen LogP contribution in [-0.2, 0) is 14.6 Å². The molecular weight excluding hydrogens is 286 g/mol. The SMILES string of the molecule is Cc1cc(C(=O)N(CC(=O)O)C2CCS(=O)(=O)C2)co1. The highest BCUT2D eigenvalue weighted by Crippen LogP contribution is 2.20. The Hall–Kier alpha value is -1.83. The predicted molar refractivity (Wildman–Crippen MR) is 69.2 cm³/mol. The monoisotopic (exact) mass is 301 g/mol. The van der Waals surface area contributed by atoms with Crippen LogP contribution in [-0.4, -0.2) is 54.4 Å². The number of hydrogen-bond donors (Lipinski definition) is 1. The number of hydrogen-bond acceptors (Lipinski definition) is 5. The second-order valence-corrected chi connectivity index (χ2v) is 7.06. The van der Waals surface area contributed by atoms with Gasteiger partial charge in [0.2, 0.25) is 0 Å². The third kappa shape index (κ3) is 3.19. The van der Waals surface area contributed by atoms with Crippen LogP contribution in [0.25, 0.3) is 0 Å². The largest absolute Gasteiger partial charge is 0.480 e. The lowest BCUT2D eigenvalue weighted by atomic mass is 10.2. The average Bonchev–Trinajstić information content (AvgIpc) is 2.91. The van der Waals surface area contributed by atoms with Gasteiger partial charge in [0.25, 0.3) is 5.91 Å². The summed E-state index contributed by atoms with van der Waals surface area (Å²) in [4.78, 5) is 24.3. The number of carbonyl (C=O) groups excluding carboxylic acids is 1. The second kappa shape index (κ2) is 5.28. The van der Waals surface area contributed by atoms with Crippen LogP contribution in [0.1, 0.15) is 22.5 Å². The third-order valence-electron chi connectivity index (χ3n) is 3.19. The first-order valence-electron chi connectivity index (χ1n) is 6.07. The third-order valence-corrected chi connectivity index (χ3v) is 4.94. The number of rotatable bonds is 4. The van der Waals surface area contributed by atoms with Crippen LogP contribution in [0.5, 0.6) is 0 Å². The molecule has 1 aromatic heterocycles. The Morgan fingerprint density at radius 3 is 2.65 bits per heavy atom. The Labute approximate surface area is 116 Å². The molecule has 2 heterocycles. The van der Waals surface area contributed by atoms with Crippen molar-refractivity contribution < 1.29 is 27.5 Å². The molecule has 1 amide bonds. The molecule has 8 heteroatoms. The first-order valence-corrected chi connectivity index (χ1v) is 7.89. The molecule has 1 fully saturated rings. The van der Waals surface area contributed by atoms with E-state index in [1.54, 1.807) is 6.92 Å². The van der Waals surface area contributed by atoms with Gasteiger partial charge in [-0.3, -0.25) is 9.59 Å². The number of carboxylic acids is 1. The predicted octanol–water partition coefficient (Wildman–Crippen LogP) is 0.302. The number of sulfone groups is 1. The quantitative estimate of drug-likeness (QED) is 0.857. The Balaban J connectivity index is 2.24. The summed E-state index contributed by atoms with van der Waals surface area (Å²) in [6, 6.07) is 0.902. The molecule has 0 aliphatic carbocycles. The maximum atomic E-state index is 12.3. The van der Waals surface area contributed by atoms with Crippen molar-refractivity contribution in [2.45, 2.75) is 19.4 Å². The minimum absolute atomic E-state index is 0.0223. The number of carbonyl (C=O) groups is 2. The van der Waals surface area contributed by atoms with Gasteiger partial charge in [-0.25, -0.2) is 8.42 Å². The van der Waals surface area contributed by atoms with Crippen LogP contribution in [0, 0.1) is 6.92 Å². The van der Waals surface area contributed by atoms with Gasteiger partial charge in [0.05, 0.1) is 17.1 Å². The fourth-order valence-electron chi connectivity index (χ4n) is 2.26. The highest BCUT2D eigenvalue weighted by molar-refractivity contribution is 7.91. The number of nitrogens with zero attached hydrogens (tertiary/aromatic N) is 1. The van der Waals surface area contributed by atoms with Gasteiger partial charge in [-0.15, -0.1) is 0 Å². The molecule has 1 N–H and O–H groups in total. The smallest absolute Gasteiger partial charge is 0.323 e. The van der Waals surface area contributed by atoms with E-state index in [0.29, 0.717) is 5.76 Å². The average molecular weight is 301 g/mol. The standard InChI is InChI=1S/C12H15NO6S/c1-8-4-9(6-19-8)12(16)13(5-11(14)15)10-2-3-20(17,18)7-10/h4,6,10H,2-3,5,7H2,1H3,(H,14,15). The van der Waals surface area contributed by atoms with Gasteiger partial charge < -0.3 is 14.4 Å². The minimum atomic E-state index is -3.20. The second-order valence-electron chi connectivity index (χ2n) is 4.83. The maximum absolute atomic E-state index is 12.3. The summed E-state index contributed by atoms with van der Waals surface area (Å²) in [6.07, 6.45) is 1.51. The topological polar surface area (TPSA) is 105 Å². The lowest BCUT2D eigenvalue weighted by Gasteiger charge is -2.25. The lowest BCUT2D eigenvalue weighted by molar-refractivity contribution is -0.138. The molecule has 0 saturated carbocycles. The lowest BCUT2D eigenvalue weighted by Crippen LogP contribution is -2.44. The molecule has 0 aromatic carbocycles. The van der Waals surface area contributed by atoms with Crippen LogP contribution in [0.3, 0.4) is 0 Å². The van der Waals surface area contributed by atoms with E-state index < -0.39 is 34.3 Å². The number of furan rings is 1. The molecule has 0 radical (unpaired) electrons. The van der Waals surface area contributed by atoms with Crippen LogP contribution in [0.15, 0.2) is 16.7 Å². The van der Waals surface area contributed by atoms with Gasteiger partial charge in [0.15, 0.2) is 9.84 Å². The molecule has 1 aliphatic rings.